The molecule has 0 aliphatic carbocycles. The molecule has 30 heavy (non-hydrogen) atoms. The lowest BCUT2D eigenvalue weighted by atomic mass is 10.2. The molecule has 0 saturated carbocycles. The van der Waals surface area contributed by atoms with Crippen molar-refractivity contribution in [3.63, 3.8) is 0 Å². The molecule has 0 saturated heterocycles. The van der Waals surface area contributed by atoms with E-state index < -0.39 is 0 Å². The molecule has 0 atom stereocenters. The summed E-state index contributed by atoms with van der Waals surface area (Å²) in [6.45, 7) is 3.81. The van der Waals surface area contributed by atoms with Crippen molar-refractivity contribution in [1.29, 1.82) is 0 Å². The number of ether oxygens (including phenoxy) is 1. The molecule has 6 nitrogen and oxygen atoms in total. The Morgan fingerprint density at radius 1 is 1.10 bits per heavy atom. The number of aromatic nitrogens is 3. The molecule has 156 valence electrons. The summed E-state index contributed by atoms with van der Waals surface area (Å²) in [6, 6.07) is 16.2. The minimum Gasteiger partial charge on any atom is -0.497 e. The maximum absolute atomic E-state index is 6.27. The summed E-state index contributed by atoms with van der Waals surface area (Å²) in [7, 11) is 1.68. The van der Waals surface area contributed by atoms with Gasteiger partial charge in [-0.1, -0.05) is 31.5 Å². The standard InChI is InChI=1S/C23H27N5OS/c1-3-4-9-20-27-21-22(18-7-5-6-8-19(18)26-23(21)24)28(20)15-14-25-30-17-12-10-16(29-2)11-13-17/h5-8,10-13,25H,3-4,9,14-15H2,1-2H3,(H2,24,26). The number of nitrogens with one attached hydrogen (secondary N) is 1. The van der Waals surface area contributed by atoms with Crippen molar-refractivity contribution in [3.05, 3.63) is 54.4 Å². The first-order valence-electron chi connectivity index (χ1n) is 10.3. The third-order valence-corrected chi connectivity index (χ3v) is 5.99. The number of benzene rings is 2. The van der Waals surface area contributed by atoms with E-state index in [1.807, 2.05) is 30.3 Å². The summed E-state index contributed by atoms with van der Waals surface area (Å²) in [5, 5.41) is 1.10. The summed E-state index contributed by atoms with van der Waals surface area (Å²) in [5.41, 5.74) is 9.07. The van der Waals surface area contributed by atoms with Gasteiger partial charge in [0.1, 0.15) is 17.1 Å². The predicted octanol–water partition coefficient (Wildman–Crippen LogP) is 4.81. The van der Waals surface area contributed by atoms with E-state index in [2.05, 4.69) is 39.4 Å². The molecule has 0 unspecified atom stereocenters. The van der Waals surface area contributed by atoms with E-state index in [0.29, 0.717) is 5.82 Å². The number of aryl methyl sites for hydroxylation is 1. The molecule has 7 heteroatoms. The average molecular weight is 422 g/mol. The van der Waals surface area contributed by atoms with Crippen LogP contribution in [0.4, 0.5) is 5.82 Å². The maximum Gasteiger partial charge on any atom is 0.152 e. The van der Waals surface area contributed by atoms with E-state index in [1.54, 1.807) is 19.1 Å². The molecule has 4 rings (SSSR count). The molecule has 0 aliphatic heterocycles. The first-order chi connectivity index (χ1) is 14.7. The largest absolute Gasteiger partial charge is 0.497 e. The van der Waals surface area contributed by atoms with Crippen LogP contribution in [0.2, 0.25) is 0 Å². The van der Waals surface area contributed by atoms with Crippen molar-refractivity contribution in [1.82, 2.24) is 19.3 Å². The van der Waals surface area contributed by atoms with Crippen LogP contribution in [0, 0.1) is 0 Å². The van der Waals surface area contributed by atoms with Crippen LogP contribution in [0.3, 0.4) is 0 Å². The number of hydrogen-bond acceptors (Lipinski definition) is 6. The Kier molecular flexibility index (Phi) is 6.40. The van der Waals surface area contributed by atoms with E-state index in [4.69, 9.17) is 15.5 Å². The van der Waals surface area contributed by atoms with Crippen LogP contribution in [0.25, 0.3) is 21.9 Å². The fourth-order valence-corrected chi connectivity index (χ4v) is 4.24. The Labute approximate surface area is 181 Å². The van der Waals surface area contributed by atoms with Gasteiger partial charge in [-0.3, -0.25) is 4.72 Å². The van der Waals surface area contributed by atoms with Crippen molar-refractivity contribution in [2.75, 3.05) is 19.4 Å². The lowest BCUT2D eigenvalue weighted by Gasteiger charge is -2.11. The van der Waals surface area contributed by atoms with E-state index in [-0.39, 0.29) is 0 Å². The van der Waals surface area contributed by atoms with E-state index in [9.17, 15) is 0 Å². The second-order valence-corrected chi connectivity index (χ2v) is 8.13. The van der Waals surface area contributed by atoms with Gasteiger partial charge in [-0.25, -0.2) is 9.97 Å². The van der Waals surface area contributed by atoms with Crippen LogP contribution in [-0.4, -0.2) is 28.2 Å². The molecule has 4 aromatic rings. The summed E-state index contributed by atoms with van der Waals surface area (Å²) >= 11 is 1.62. The Hall–Kier alpha value is -2.77. The molecule has 2 aromatic carbocycles. The van der Waals surface area contributed by atoms with Gasteiger partial charge in [0.25, 0.3) is 0 Å². The lowest BCUT2D eigenvalue weighted by Crippen LogP contribution is -2.15. The second kappa shape index (κ2) is 9.36. The average Bonchev–Trinajstić information content (AvgIpc) is 3.15. The number of rotatable bonds is 9. The third-order valence-electron chi connectivity index (χ3n) is 5.13. The van der Waals surface area contributed by atoms with Crippen molar-refractivity contribution in [2.45, 2.75) is 37.6 Å². The van der Waals surface area contributed by atoms with Crippen molar-refractivity contribution < 1.29 is 4.74 Å². The molecule has 0 radical (unpaired) electrons. The van der Waals surface area contributed by atoms with Crippen molar-refractivity contribution in [2.24, 2.45) is 0 Å². The van der Waals surface area contributed by atoms with Crippen LogP contribution in [0.15, 0.2) is 53.4 Å². The minimum absolute atomic E-state index is 0.501. The van der Waals surface area contributed by atoms with E-state index in [1.165, 1.54) is 0 Å². The molecule has 0 amide bonds. The zero-order valence-corrected chi connectivity index (χ0v) is 18.2. The van der Waals surface area contributed by atoms with Crippen LogP contribution in [0.1, 0.15) is 25.6 Å². The van der Waals surface area contributed by atoms with Crippen LogP contribution >= 0.6 is 11.9 Å². The monoisotopic (exact) mass is 421 g/mol. The highest BCUT2D eigenvalue weighted by atomic mass is 32.2. The fraction of sp³-hybridized carbons (Fsp3) is 0.304. The summed E-state index contributed by atoms with van der Waals surface area (Å²) in [4.78, 5) is 10.6. The number of methoxy groups -OCH3 is 1. The fourth-order valence-electron chi connectivity index (χ4n) is 3.61. The number of para-hydroxylation sites is 1. The normalized spacial score (nSPS) is 11.4. The van der Waals surface area contributed by atoms with Gasteiger partial charge in [0.2, 0.25) is 0 Å². The van der Waals surface area contributed by atoms with Crippen LogP contribution in [0.5, 0.6) is 5.75 Å². The highest BCUT2D eigenvalue weighted by Gasteiger charge is 2.16. The molecule has 0 fully saturated rings. The van der Waals surface area contributed by atoms with Gasteiger partial charge in [-0.2, -0.15) is 0 Å². The molecule has 3 N–H and O–H groups in total. The van der Waals surface area contributed by atoms with Gasteiger partial charge < -0.3 is 15.0 Å². The number of unbranched alkanes of at least 4 members (excludes halogenated alkanes) is 1. The first-order valence-corrected chi connectivity index (χ1v) is 11.1. The molecular formula is C23H27N5OS. The van der Waals surface area contributed by atoms with E-state index in [0.717, 1.165) is 70.8 Å². The number of imidazole rings is 1. The van der Waals surface area contributed by atoms with E-state index >= 15 is 0 Å². The lowest BCUT2D eigenvalue weighted by molar-refractivity contribution is 0.414. The van der Waals surface area contributed by atoms with Gasteiger partial charge in [0.15, 0.2) is 5.82 Å². The predicted molar refractivity (Wildman–Crippen MR) is 125 cm³/mol. The number of hydrogen-bond donors (Lipinski definition) is 2. The summed E-state index contributed by atoms with van der Waals surface area (Å²) in [5.74, 6) is 2.44. The Bertz CT molecular complexity index is 1140. The van der Waals surface area contributed by atoms with Gasteiger partial charge in [-0.05, 0) is 48.7 Å². The zero-order valence-electron chi connectivity index (χ0n) is 17.4. The number of nitrogens with two attached hydrogens (primary N) is 1. The Morgan fingerprint density at radius 3 is 2.67 bits per heavy atom. The molecule has 0 bridgehead atoms. The highest BCUT2D eigenvalue weighted by molar-refractivity contribution is 7.97. The molecule has 0 aliphatic rings. The highest BCUT2D eigenvalue weighted by Crippen LogP contribution is 2.29. The Morgan fingerprint density at radius 2 is 1.90 bits per heavy atom. The van der Waals surface area contributed by atoms with Gasteiger partial charge in [0.05, 0.1) is 18.1 Å². The number of anilines is 1. The van der Waals surface area contributed by atoms with Crippen molar-refractivity contribution in [3.8, 4) is 5.75 Å². The van der Waals surface area contributed by atoms with Crippen LogP contribution < -0.4 is 15.2 Å². The number of nitrogen functional groups attached to an aromatic ring is 1. The third kappa shape index (κ3) is 4.22. The summed E-state index contributed by atoms with van der Waals surface area (Å²) < 4.78 is 11.0. The molecular weight excluding hydrogens is 394 g/mol. The Balaban J connectivity index is 1.59. The number of fused-ring (bicyclic) bond motifs is 3. The minimum atomic E-state index is 0.501. The zero-order chi connectivity index (χ0) is 20.9. The number of pyridine rings is 1. The topological polar surface area (TPSA) is 78.0 Å². The molecule has 2 aromatic heterocycles. The maximum atomic E-state index is 6.27. The quantitative estimate of drug-likeness (QED) is 0.298. The summed E-state index contributed by atoms with van der Waals surface area (Å²) in [6.07, 6.45) is 3.16. The SMILES string of the molecule is CCCCc1nc2c(N)nc3ccccc3c2n1CCNSc1ccc(OC)cc1. The van der Waals surface area contributed by atoms with Gasteiger partial charge >= 0.3 is 0 Å². The molecule has 2 heterocycles. The second-order valence-electron chi connectivity index (χ2n) is 7.17. The first kappa shape index (κ1) is 20.5. The molecule has 0 spiro atoms. The van der Waals surface area contributed by atoms with Crippen molar-refractivity contribution >= 4 is 39.7 Å². The van der Waals surface area contributed by atoms with Gasteiger partial charge in [0, 0.05) is 29.8 Å². The van der Waals surface area contributed by atoms with Gasteiger partial charge in [-0.15, -0.1) is 0 Å². The number of nitrogens with zero attached hydrogens (tertiary/aromatic N) is 3. The van der Waals surface area contributed by atoms with Crippen LogP contribution in [-0.2, 0) is 13.0 Å². The smallest absolute Gasteiger partial charge is 0.152 e.